The monoisotopic (exact) mass is 402 g/mol. The van der Waals surface area contributed by atoms with Gasteiger partial charge in [0.05, 0.1) is 22.3 Å². The molecule has 0 bridgehead atoms. The topological polar surface area (TPSA) is 164 Å². The molecule has 0 radical (unpaired) electrons. The molecule has 0 saturated heterocycles. The molecule has 0 aliphatic carbocycles. The van der Waals surface area contributed by atoms with Gasteiger partial charge in [-0.25, -0.2) is 24.0 Å². The van der Waals surface area contributed by atoms with Crippen LogP contribution in [0.25, 0.3) is 0 Å². The molecular formula is C19H14O10. The summed E-state index contributed by atoms with van der Waals surface area (Å²) in [6.45, 7) is -0.784. The van der Waals surface area contributed by atoms with Crippen LogP contribution in [0.3, 0.4) is 0 Å². The van der Waals surface area contributed by atoms with Crippen LogP contribution in [0, 0.1) is 0 Å². The predicted molar refractivity (Wildman–Crippen MR) is 93.9 cm³/mol. The van der Waals surface area contributed by atoms with E-state index in [1.807, 2.05) is 0 Å². The maximum atomic E-state index is 12.0. The maximum Gasteiger partial charge on any atom is 0.348 e. The predicted octanol–water partition coefficient (Wildman–Crippen LogP) is 1.55. The Morgan fingerprint density at radius 1 is 0.655 bits per heavy atom. The second kappa shape index (κ2) is 9.13. The van der Waals surface area contributed by atoms with E-state index in [2.05, 4.69) is 0 Å². The van der Waals surface area contributed by atoms with E-state index in [1.54, 1.807) is 0 Å². The van der Waals surface area contributed by atoms with Crippen molar-refractivity contribution in [3.05, 3.63) is 70.8 Å². The van der Waals surface area contributed by atoms with Crippen LogP contribution < -0.4 is 0 Å². The van der Waals surface area contributed by atoms with Crippen molar-refractivity contribution < 1.29 is 48.8 Å². The van der Waals surface area contributed by atoms with Gasteiger partial charge in [-0.2, -0.15) is 0 Å². The Hall–Kier alpha value is -4.21. The Labute approximate surface area is 162 Å². The molecule has 0 amide bonds. The lowest BCUT2D eigenvalue weighted by molar-refractivity contribution is -0.149. The van der Waals surface area contributed by atoms with Gasteiger partial charge in [0.15, 0.2) is 0 Å². The number of ether oxygens (including phenoxy) is 2. The van der Waals surface area contributed by atoms with Crippen molar-refractivity contribution in [2.75, 3.05) is 6.61 Å². The number of hydrogen-bond donors (Lipinski definition) is 3. The highest BCUT2D eigenvalue weighted by atomic mass is 16.6. The van der Waals surface area contributed by atoms with Gasteiger partial charge < -0.3 is 24.8 Å². The minimum absolute atomic E-state index is 0.0188. The summed E-state index contributed by atoms with van der Waals surface area (Å²) < 4.78 is 9.61. The molecule has 150 valence electrons. The summed E-state index contributed by atoms with van der Waals surface area (Å²) in [5.41, 5.74) is -0.224. The van der Waals surface area contributed by atoms with Crippen LogP contribution >= 0.6 is 0 Å². The summed E-state index contributed by atoms with van der Waals surface area (Å²) >= 11 is 0. The molecule has 0 aliphatic heterocycles. The molecule has 2 rings (SSSR count). The highest BCUT2D eigenvalue weighted by molar-refractivity contribution is 5.94. The molecule has 0 heterocycles. The van der Waals surface area contributed by atoms with Gasteiger partial charge in [0.1, 0.15) is 6.61 Å². The average molecular weight is 402 g/mol. The van der Waals surface area contributed by atoms with Crippen LogP contribution in [-0.4, -0.2) is 57.9 Å². The molecule has 0 saturated carbocycles. The number of carbonyl (C=O) groups is 5. The largest absolute Gasteiger partial charge is 0.478 e. The molecule has 2 aromatic carbocycles. The lowest BCUT2D eigenvalue weighted by Gasteiger charge is -2.14. The Bertz CT molecular complexity index is 944. The number of carboxylic acid groups (broad SMARTS) is 3. The molecule has 0 spiro atoms. The third-order valence-corrected chi connectivity index (χ3v) is 3.63. The third-order valence-electron chi connectivity index (χ3n) is 3.63. The van der Waals surface area contributed by atoms with Crippen LogP contribution in [0.1, 0.15) is 41.4 Å². The van der Waals surface area contributed by atoms with E-state index in [0.717, 1.165) is 24.3 Å². The van der Waals surface area contributed by atoms with E-state index in [9.17, 15) is 24.0 Å². The Morgan fingerprint density at radius 2 is 1.03 bits per heavy atom. The first kappa shape index (κ1) is 21.1. The molecule has 10 nitrogen and oxygen atoms in total. The molecule has 1 atom stereocenters. The molecule has 29 heavy (non-hydrogen) atoms. The Kier molecular flexibility index (Phi) is 6.64. The van der Waals surface area contributed by atoms with E-state index >= 15 is 0 Å². The van der Waals surface area contributed by atoms with Gasteiger partial charge in [-0.3, -0.25) is 0 Å². The summed E-state index contributed by atoms with van der Waals surface area (Å²) in [7, 11) is 0. The maximum absolute atomic E-state index is 12.0. The van der Waals surface area contributed by atoms with Gasteiger partial charge in [0.25, 0.3) is 0 Å². The van der Waals surface area contributed by atoms with E-state index < -0.39 is 42.6 Å². The number of rotatable bonds is 8. The zero-order valence-electron chi connectivity index (χ0n) is 14.6. The van der Waals surface area contributed by atoms with Crippen LogP contribution in [0.5, 0.6) is 0 Å². The van der Waals surface area contributed by atoms with E-state index in [0.29, 0.717) is 0 Å². The van der Waals surface area contributed by atoms with Gasteiger partial charge in [0, 0.05) is 0 Å². The van der Waals surface area contributed by atoms with Crippen molar-refractivity contribution in [3.63, 3.8) is 0 Å². The summed E-state index contributed by atoms with van der Waals surface area (Å²) in [6.07, 6.45) is -1.80. The molecule has 1 unspecified atom stereocenters. The number of hydrogen-bond acceptors (Lipinski definition) is 7. The lowest BCUT2D eigenvalue weighted by atomic mass is 10.1. The number of aliphatic carboxylic acids is 1. The number of aromatic carboxylic acids is 2. The van der Waals surface area contributed by atoms with Crippen molar-refractivity contribution in [2.24, 2.45) is 0 Å². The minimum atomic E-state index is -1.80. The SMILES string of the molecule is O=C(O)c1ccc(C(=O)OCC(OC(=O)c2ccc(C(=O)O)cc2)C(=O)O)cc1. The first-order valence-electron chi connectivity index (χ1n) is 7.96. The normalized spacial score (nSPS) is 11.2. The van der Waals surface area contributed by atoms with Crippen LogP contribution in [0.2, 0.25) is 0 Å². The van der Waals surface area contributed by atoms with Gasteiger partial charge in [-0.1, -0.05) is 0 Å². The molecule has 0 aromatic heterocycles. The second-order valence-corrected chi connectivity index (χ2v) is 5.60. The van der Waals surface area contributed by atoms with Crippen molar-refractivity contribution in [3.8, 4) is 0 Å². The molecular weight excluding hydrogens is 388 g/mol. The summed E-state index contributed by atoms with van der Waals surface area (Å²) in [5.74, 6) is -5.92. The van der Waals surface area contributed by atoms with Crippen molar-refractivity contribution >= 4 is 29.8 Å². The average Bonchev–Trinajstić information content (AvgIpc) is 2.70. The van der Waals surface area contributed by atoms with Gasteiger partial charge in [-0.15, -0.1) is 0 Å². The van der Waals surface area contributed by atoms with Crippen LogP contribution in [0.4, 0.5) is 0 Å². The second-order valence-electron chi connectivity index (χ2n) is 5.60. The van der Waals surface area contributed by atoms with E-state index in [1.165, 1.54) is 24.3 Å². The highest BCUT2D eigenvalue weighted by Gasteiger charge is 2.25. The van der Waals surface area contributed by atoms with Crippen molar-refractivity contribution in [2.45, 2.75) is 6.10 Å². The standard InChI is InChI=1S/C19H14O10/c20-15(21)10-1-5-12(6-2-10)18(26)28-9-14(17(24)25)29-19(27)13-7-3-11(4-8-13)16(22)23/h1-8,14H,9H2,(H,20,21)(H,22,23)(H,24,25). The quantitative estimate of drug-likeness (QED) is 0.552. The number of carboxylic acids is 3. The summed E-state index contributed by atoms with van der Waals surface area (Å²) in [4.78, 5) is 56.8. The highest BCUT2D eigenvalue weighted by Crippen LogP contribution is 2.10. The first-order chi connectivity index (χ1) is 13.7. The number of esters is 2. The zero-order valence-corrected chi connectivity index (χ0v) is 14.6. The smallest absolute Gasteiger partial charge is 0.348 e. The molecule has 3 N–H and O–H groups in total. The van der Waals surface area contributed by atoms with Crippen molar-refractivity contribution in [1.82, 2.24) is 0 Å². The number of carbonyl (C=O) groups excluding carboxylic acids is 2. The van der Waals surface area contributed by atoms with Gasteiger partial charge >= 0.3 is 29.8 Å². The summed E-state index contributed by atoms with van der Waals surface area (Å²) in [6, 6.07) is 9.34. The Morgan fingerprint density at radius 3 is 1.41 bits per heavy atom. The van der Waals surface area contributed by atoms with E-state index in [-0.39, 0.29) is 22.3 Å². The fourth-order valence-electron chi connectivity index (χ4n) is 2.09. The number of benzene rings is 2. The molecule has 2 aromatic rings. The molecule has 10 heteroatoms. The van der Waals surface area contributed by atoms with E-state index in [4.69, 9.17) is 24.8 Å². The third kappa shape index (κ3) is 5.63. The molecule has 0 aliphatic rings. The fraction of sp³-hybridized carbons (Fsp3) is 0.105. The minimum Gasteiger partial charge on any atom is -0.478 e. The van der Waals surface area contributed by atoms with Crippen LogP contribution in [0.15, 0.2) is 48.5 Å². The van der Waals surface area contributed by atoms with Crippen LogP contribution in [-0.2, 0) is 14.3 Å². The van der Waals surface area contributed by atoms with Crippen molar-refractivity contribution in [1.29, 1.82) is 0 Å². The van der Waals surface area contributed by atoms with Gasteiger partial charge in [-0.05, 0) is 48.5 Å². The lowest BCUT2D eigenvalue weighted by Crippen LogP contribution is -2.32. The zero-order chi connectivity index (χ0) is 21.6. The Balaban J connectivity index is 1.99. The fourth-order valence-corrected chi connectivity index (χ4v) is 2.09. The molecule has 0 fully saturated rings. The first-order valence-corrected chi connectivity index (χ1v) is 7.96. The summed E-state index contributed by atoms with van der Waals surface area (Å²) in [5, 5.41) is 26.8. The van der Waals surface area contributed by atoms with Gasteiger partial charge in [0.2, 0.25) is 6.10 Å².